The fourth-order valence-corrected chi connectivity index (χ4v) is 1.74. The monoisotopic (exact) mass is 289 g/mol. The van der Waals surface area contributed by atoms with Gasteiger partial charge in [0.05, 0.1) is 12.2 Å². The Bertz CT molecular complexity index is 446. The molecule has 0 spiro atoms. The fourth-order valence-electron chi connectivity index (χ4n) is 1.74. The van der Waals surface area contributed by atoms with Crippen molar-refractivity contribution >= 4 is 5.97 Å². The average Bonchev–Trinajstić information content (AvgIpc) is 2.39. The number of rotatable bonds is 6. The van der Waals surface area contributed by atoms with Crippen molar-refractivity contribution in [3.05, 3.63) is 35.4 Å². The number of benzene rings is 1. The summed E-state index contributed by atoms with van der Waals surface area (Å²) in [5.41, 5.74) is 5.25. The van der Waals surface area contributed by atoms with Gasteiger partial charge in [0.1, 0.15) is 0 Å². The maximum atomic E-state index is 12.6. The molecule has 0 fully saturated rings. The molecule has 1 rings (SSSR count). The predicted octanol–water partition coefficient (Wildman–Crippen LogP) is 3.09. The van der Waals surface area contributed by atoms with Crippen molar-refractivity contribution < 1.29 is 22.7 Å². The second-order valence-electron chi connectivity index (χ2n) is 4.49. The smallest absolute Gasteiger partial charge is 0.416 e. The van der Waals surface area contributed by atoms with Crippen LogP contribution in [0.2, 0.25) is 0 Å². The van der Waals surface area contributed by atoms with Crippen molar-refractivity contribution in [3.63, 3.8) is 0 Å². The van der Waals surface area contributed by atoms with Gasteiger partial charge < -0.3 is 10.5 Å². The maximum absolute atomic E-state index is 12.6. The summed E-state index contributed by atoms with van der Waals surface area (Å²) in [6.45, 7) is 1.95. The third kappa shape index (κ3) is 4.85. The summed E-state index contributed by atoms with van der Waals surface area (Å²) in [5, 5.41) is 0. The predicted molar refractivity (Wildman–Crippen MR) is 69.1 cm³/mol. The fraction of sp³-hybridized carbons (Fsp3) is 0.500. The zero-order valence-electron chi connectivity index (χ0n) is 11.2. The van der Waals surface area contributed by atoms with Gasteiger partial charge in [-0.2, -0.15) is 13.2 Å². The topological polar surface area (TPSA) is 52.3 Å². The molecule has 0 amide bonds. The van der Waals surface area contributed by atoms with Crippen molar-refractivity contribution in [2.45, 2.75) is 31.9 Å². The van der Waals surface area contributed by atoms with Gasteiger partial charge in [-0.1, -0.05) is 25.1 Å². The number of carbonyl (C=O) groups excluding carboxylic acids is 1. The SMILES string of the molecule is CCCC(=O)OCC(CN)c1cccc(C(F)(F)F)c1. The van der Waals surface area contributed by atoms with Gasteiger partial charge in [-0.3, -0.25) is 4.79 Å². The summed E-state index contributed by atoms with van der Waals surface area (Å²) in [6, 6.07) is 4.93. The molecule has 0 saturated heterocycles. The second kappa shape index (κ2) is 7.28. The minimum absolute atomic E-state index is 0.00333. The van der Waals surface area contributed by atoms with Crippen molar-refractivity contribution in [2.75, 3.05) is 13.2 Å². The summed E-state index contributed by atoms with van der Waals surface area (Å²) in [5.74, 6) is -0.795. The largest absolute Gasteiger partial charge is 0.465 e. The second-order valence-corrected chi connectivity index (χ2v) is 4.49. The van der Waals surface area contributed by atoms with Crippen molar-refractivity contribution in [3.8, 4) is 0 Å². The van der Waals surface area contributed by atoms with Crippen LogP contribution in [0.1, 0.15) is 36.8 Å². The third-order valence-corrected chi connectivity index (χ3v) is 2.87. The zero-order chi connectivity index (χ0) is 15.2. The number of ether oxygens (including phenoxy) is 1. The first-order chi connectivity index (χ1) is 9.38. The molecule has 0 aliphatic rings. The Morgan fingerprint density at radius 1 is 1.40 bits per heavy atom. The number of hydrogen-bond donors (Lipinski definition) is 1. The minimum Gasteiger partial charge on any atom is -0.465 e. The molecule has 0 aromatic heterocycles. The Morgan fingerprint density at radius 2 is 2.10 bits per heavy atom. The number of alkyl halides is 3. The highest BCUT2D eigenvalue weighted by Gasteiger charge is 2.31. The molecule has 20 heavy (non-hydrogen) atoms. The lowest BCUT2D eigenvalue weighted by molar-refractivity contribution is -0.144. The molecule has 1 aromatic carbocycles. The standard InChI is InChI=1S/C14H18F3NO2/c1-2-4-13(19)20-9-11(8-18)10-5-3-6-12(7-10)14(15,16)17/h3,5-7,11H,2,4,8-9,18H2,1H3. The van der Waals surface area contributed by atoms with Gasteiger partial charge in [0.15, 0.2) is 0 Å². The molecule has 1 unspecified atom stereocenters. The molecule has 112 valence electrons. The van der Waals surface area contributed by atoms with Crippen LogP contribution < -0.4 is 5.73 Å². The van der Waals surface area contributed by atoms with E-state index in [2.05, 4.69) is 0 Å². The van der Waals surface area contributed by atoms with Gasteiger partial charge >= 0.3 is 12.1 Å². The molecule has 3 nitrogen and oxygen atoms in total. The van der Waals surface area contributed by atoms with Gasteiger partial charge in [-0.25, -0.2) is 0 Å². The molecule has 1 aromatic rings. The molecule has 0 saturated carbocycles. The lowest BCUT2D eigenvalue weighted by Gasteiger charge is -2.17. The van der Waals surface area contributed by atoms with E-state index in [1.54, 1.807) is 6.07 Å². The molecule has 1 atom stereocenters. The molecule has 0 bridgehead atoms. The summed E-state index contributed by atoms with van der Waals surface area (Å²) in [7, 11) is 0. The van der Waals surface area contributed by atoms with Crippen LogP contribution in [0.15, 0.2) is 24.3 Å². The zero-order valence-corrected chi connectivity index (χ0v) is 11.2. The lowest BCUT2D eigenvalue weighted by Crippen LogP contribution is -2.20. The van der Waals surface area contributed by atoms with E-state index in [1.165, 1.54) is 6.07 Å². The highest BCUT2D eigenvalue weighted by atomic mass is 19.4. The molecule has 0 radical (unpaired) electrons. The van der Waals surface area contributed by atoms with Gasteiger partial charge in [-0.05, 0) is 18.1 Å². The first kappa shape index (κ1) is 16.5. The van der Waals surface area contributed by atoms with E-state index in [1.807, 2.05) is 6.92 Å². The number of esters is 1. The Balaban J connectivity index is 2.77. The molecule has 2 N–H and O–H groups in total. The van der Waals surface area contributed by atoms with E-state index in [9.17, 15) is 18.0 Å². The van der Waals surface area contributed by atoms with Crippen LogP contribution in [-0.2, 0) is 15.7 Å². The first-order valence-electron chi connectivity index (χ1n) is 6.41. The Hall–Kier alpha value is -1.56. The van der Waals surface area contributed by atoms with E-state index in [4.69, 9.17) is 10.5 Å². The van der Waals surface area contributed by atoms with Gasteiger partial charge in [0, 0.05) is 18.9 Å². The number of halogens is 3. The summed E-state index contributed by atoms with van der Waals surface area (Å²) < 4.78 is 42.9. The van der Waals surface area contributed by atoms with Crippen LogP contribution in [0.25, 0.3) is 0 Å². The quantitative estimate of drug-likeness (QED) is 0.819. The average molecular weight is 289 g/mol. The molecular formula is C14H18F3NO2. The Kier molecular flexibility index (Phi) is 6.01. The summed E-state index contributed by atoms with van der Waals surface area (Å²) in [6.07, 6.45) is -3.44. The van der Waals surface area contributed by atoms with E-state index < -0.39 is 17.7 Å². The normalized spacial score (nSPS) is 13.1. The van der Waals surface area contributed by atoms with Crippen LogP contribution in [0.3, 0.4) is 0 Å². The Morgan fingerprint density at radius 3 is 2.65 bits per heavy atom. The van der Waals surface area contributed by atoms with E-state index in [0.29, 0.717) is 18.4 Å². The third-order valence-electron chi connectivity index (χ3n) is 2.87. The van der Waals surface area contributed by atoms with Gasteiger partial charge in [0.2, 0.25) is 0 Å². The maximum Gasteiger partial charge on any atom is 0.416 e. The molecule has 0 heterocycles. The van der Waals surface area contributed by atoms with Crippen LogP contribution in [0, 0.1) is 0 Å². The molecule has 0 aliphatic carbocycles. The number of hydrogen-bond acceptors (Lipinski definition) is 3. The first-order valence-corrected chi connectivity index (χ1v) is 6.41. The van der Waals surface area contributed by atoms with Gasteiger partial charge in [-0.15, -0.1) is 0 Å². The van der Waals surface area contributed by atoms with Crippen molar-refractivity contribution in [1.82, 2.24) is 0 Å². The lowest BCUT2D eigenvalue weighted by atomic mass is 9.98. The van der Waals surface area contributed by atoms with Crippen LogP contribution in [0.5, 0.6) is 0 Å². The van der Waals surface area contributed by atoms with E-state index in [-0.39, 0.29) is 19.1 Å². The van der Waals surface area contributed by atoms with E-state index >= 15 is 0 Å². The van der Waals surface area contributed by atoms with Crippen LogP contribution in [0.4, 0.5) is 13.2 Å². The number of carbonyl (C=O) groups is 1. The highest BCUT2D eigenvalue weighted by molar-refractivity contribution is 5.69. The van der Waals surface area contributed by atoms with Crippen LogP contribution >= 0.6 is 0 Å². The molecule has 0 aliphatic heterocycles. The highest BCUT2D eigenvalue weighted by Crippen LogP contribution is 2.31. The van der Waals surface area contributed by atoms with Gasteiger partial charge in [0.25, 0.3) is 0 Å². The van der Waals surface area contributed by atoms with E-state index in [0.717, 1.165) is 12.1 Å². The summed E-state index contributed by atoms with van der Waals surface area (Å²) >= 11 is 0. The van der Waals surface area contributed by atoms with Crippen molar-refractivity contribution in [1.29, 1.82) is 0 Å². The molecule has 6 heteroatoms. The Labute approximate surface area is 115 Å². The minimum atomic E-state index is -4.39. The van der Waals surface area contributed by atoms with Crippen molar-refractivity contribution in [2.24, 2.45) is 5.73 Å². The number of nitrogens with two attached hydrogens (primary N) is 1. The summed E-state index contributed by atoms with van der Waals surface area (Å²) in [4.78, 5) is 11.3. The van der Waals surface area contributed by atoms with Crippen LogP contribution in [-0.4, -0.2) is 19.1 Å². The molecular weight excluding hydrogens is 271 g/mol.